The Morgan fingerprint density at radius 1 is 1.05 bits per heavy atom. The minimum Gasteiger partial charge on any atom is -0.382 e. The molecule has 0 saturated carbocycles. The van der Waals surface area contributed by atoms with E-state index in [1.54, 1.807) is 15.8 Å². The number of benzene rings is 3. The fourth-order valence-corrected chi connectivity index (χ4v) is 6.55. The minimum atomic E-state index is -1.12. The van der Waals surface area contributed by atoms with Crippen LogP contribution in [0.5, 0.6) is 0 Å². The predicted octanol–water partition coefficient (Wildman–Crippen LogP) is 4.35. The van der Waals surface area contributed by atoms with Crippen molar-refractivity contribution in [3.8, 4) is 0 Å². The van der Waals surface area contributed by atoms with Crippen molar-refractivity contribution in [1.29, 1.82) is 0 Å². The van der Waals surface area contributed by atoms with E-state index in [-0.39, 0.29) is 23.8 Å². The van der Waals surface area contributed by atoms with Crippen LogP contribution in [-0.2, 0) is 33.0 Å². The first-order valence-electron chi connectivity index (χ1n) is 14.6. The summed E-state index contributed by atoms with van der Waals surface area (Å²) in [5, 5.41) is 19.1. The van der Waals surface area contributed by atoms with E-state index in [9.17, 15) is 14.7 Å². The molecular formula is C33H33N5O4. The molecule has 2 fully saturated rings. The topological polar surface area (TPSA) is 101 Å². The molecule has 4 atom stereocenters. The summed E-state index contributed by atoms with van der Waals surface area (Å²) in [6, 6.07) is 25.2. The van der Waals surface area contributed by atoms with E-state index >= 15 is 0 Å². The summed E-state index contributed by atoms with van der Waals surface area (Å²) >= 11 is 0. The molecule has 1 spiro atoms. The van der Waals surface area contributed by atoms with Crippen molar-refractivity contribution in [2.45, 2.75) is 57.1 Å². The second kappa shape index (κ2) is 10.5. The van der Waals surface area contributed by atoms with Crippen molar-refractivity contribution in [2.75, 3.05) is 16.3 Å². The monoisotopic (exact) mass is 563 g/mol. The molecule has 214 valence electrons. The number of carbonyl (C=O) groups excluding carboxylic acids is 2. The molecule has 3 aliphatic rings. The van der Waals surface area contributed by atoms with E-state index in [0.717, 1.165) is 28.1 Å². The summed E-state index contributed by atoms with van der Waals surface area (Å²) in [6.07, 6.45) is 2.65. The summed E-state index contributed by atoms with van der Waals surface area (Å²) in [5.41, 5.74) is 3.66. The normalized spacial score (nSPS) is 23.9. The number of aryl methyl sites for hydroxylation is 1. The summed E-state index contributed by atoms with van der Waals surface area (Å²) in [6.45, 7) is 3.75. The van der Waals surface area contributed by atoms with E-state index in [2.05, 4.69) is 17.2 Å². The Hall–Kier alpha value is -4.34. The van der Waals surface area contributed by atoms with Gasteiger partial charge in [-0.05, 0) is 42.2 Å². The maximum Gasteiger partial charge on any atom is 0.264 e. The average Bonchev–Trinajstić information content (AvgIpc) is 3.68. The number of hydrogen-bond donors (Lipinski definition) is 1. The number of nitrogens with zero attached hydrogens (tertiary/aromatic N) is 5. The highest BCUT2D eigenvalue weighted by Gasteiger charge is 2.60. The predicted molar refractivity (Wildman–Crippen MR) is 157 cm³/mol. The Balaban J connectivity index is 1.13. The van der Waals surface area contributed by atoms with Gasteiger partial charge in [-0.1, -0.05) is 72.8 Å². The van der Waals surface area contributed by atoms with Crippen LogP contribution < -0.4 is 9.80 Å². The number of anilines is 2. The molecular weight excluding hydrogens is 530 g/mol. The van der Waals surface area contributed by atoms with Crippen molar-refractivity contribution < 1.29 is 19.4 Å². The molecule has 3 aromatic carbocycles. The van der Waals surface area contributed by atoms with Gasteiger partial charge in [-0.2, -0.15) is 0 Å². The van der Waals surface area contributed by atoms with E-state index < -0.39 is 11.7 Å². The molecule has 9 nitrogen and oxygen atoms in total. The molecule has 0 bridgehead atoms. The number of amides is 2. The number of β-lactam (4-membered cyclic amide) rings is 1. The van der Waals surface area contributed by atoms with Gasteiger partial charge in [-0.3, -0.25) is 14.3 Å². The van der Waals surface area contributed by atoms with Crippen LogP contribution in [0.4, 0.5) is 11.4 Å². The van der Waals surface area contributed by atoms with E-state index in [0.29, 0.717) is 44.6 Å². The number of ether oxygens (including phenoxy) is 1. The molecule has 0 radical (unpaired) electrons. The number of hydrogen-bond acceptors (Lipinski definition) is 6. The quantitative estimate of drug-likeness (QED) is 0.320. The van der Waals surface area contributed by atoms with Crippen LogP contribution in [0.3, 0.4) is 0 Å². The summed E-state index contributed by atoms with van der Waals surface area (Å²) in [4.78, 5) is 30.2. The first kappa shape index (κ1) is 26.6. The van der Waals surface area contributed by atoms with Crippen molar-refractivity contribution in [1.82, 2.24) is 15.0 Å². The van der Waals surface area contributed by atoms with Crippen LogP contribution in [0.25, 0.3) is 0 Å². The molecule has 42 heavy (non-hydrogen) atoms. The SMILES string of the molecule is C[C@H]1C[C@@H](CCn2cc([C@H](O)c3ccccc3)nn2)O[C@]12C(=O)N(Cc1ccccc1)c1ccc(N3CCC3=O)cc12. The van der Waals surface area contributed by atoms with E-state index in [1.165, 1.54) is 0 Å². The molecule has 1 aromatic heterocycles. The number of rotatable bonds is 8. The van der Waals surface area contributed by atoms with Crippen molar-refractivity contribution in [3.63, 3.8) is 0 Å². The van der Waals surface area contributed by atoms with Crippen LogP contribution in [0.2, 0.25) is 0 Å². The third kappa shape index (κ3) is 4.40. The minimum absolute atomic E-state index is 0.0579. The van der Waals surface area contributed by atoms with Crippen molar-refractivity contribution >= 4 is 23.2 Å². The van der Waals surface area contributed by atoms with Crippen LogP contribution in [0, 0.1) is 5.92 Å². The van der Waals surface area contributed by atoms with Gasteiger partial charge in [-0.25, -0.2) is 0 Å². The molecule has 2 saturated heterocycles. The molecule has 0 aliphatic carbocycles. The van der Waals surface area contributed by atoms with Gasteiger partial charge in [0.25, 0.3) is 5.91 Å². The lowest BCUT2D eigenvalue weighted by molar-refractivity contribution is -0.146. The van der Waals surface area contributed by atoms with Crippen LogP contribution >= 0.6 is 0 Å². The van der Waals surface area contributed by atoms with E-state index in [4.69, 9.17) is 4.74 Å². The largest absolute Gasteiger partial charge is 0.382 e. The van der Waals surface area contributed by atoms with Gasteiger partial charge in [0.1, 0.15) is 11.8 Å². The smallest absolute Gasteiger partial charge is 0.264 e. The highest BCUT2D eigenvalue weighted by atomic mass is 16.5. The Morgan fingerprint density at radius 2 is 1.81 bits per heavy atom. The molecule has 7 rings (SSSR count). The lowest BCUT2D eigenvalue weighted by Crippen LogP contribution is -2.44. The van der Waals surface area contributed by atoms with Crippen molar-refractivity contribution in [2.24, 2.45) is 5.92 Å². The number of aliphatic hydroxyl groups is 1. The molecule has 3 aliphatic heterocycles. The molecule has 1 N–H and O–H groups in total. The lowest BCUT2D eigenvalue weighted by atomic mass is 9.82. The Labute approximate surface area is 244 Å². The first-order chi connectivity index (χ1) is 20.4. The molecule has 4 heterocycles. The van der Waals surface area contributed by atoms with Crippen molar-refractivity contribution in [3.05, 3.63) is 107 Å². The fourth-order valence-electron chi connectivity index (χ4n) is 6.55. The molecule has 9 heteroatoms. The van der Waals surface area contributed by atoms with Gasteiger partial charge in [0.05, 0.1) is 24.5 Å². The van der Waals surface area contributed by atoms with Crippen LogP contribution in [-0.4, -0.2) is 44.6 Å². The van der Waals surface area contributed by atoms with Gasteiger partial charge < -0.3 is 19.6 Å². The van der Waals surface area contributed by atoms with Crippen LogP contribution in [0.15, 0.2) is 85.1 Å². The highest BCUT2D eigenvalue weighted by molar-refractivity contribution is 6.08. The van der Waals surface area contributed by atoms with Crippen LogP contribution in [0.1, 0.15) is 54.7 Å². The average molecular weight is 564 g/mol. The van der Waals surface area contributed by atoms with Gasteiger partial charge in [0.15, 0.2) is 5.60 Å². The first-order valence-corrected chi connectivity index (χ1v) is 14.6. The second-order valence-corrected chi connectivity index (χ2v) is 11.5. The third-order valence-corrected chi connectivity index (χ3v) is 8.87. The number of carbonyl (C=O) groups is 2. The number of fused-ring (bicyclic) bond motifs is 2. The lowest BCUT2D eigenvalue weighted by Gasteiger charge is -2.32. The van der Waals surface area contributed by atoms with Gasteiger partial charge >= 0.3 is 0 Å². The Morgan fingerprint density at radius 3 is 2.52 bits per heavy atom. The standard InChI is InChI=1S/C33H33N5O4/c1-22-18-26(14-16-36-21-28(34-35-36)31(40)24-10-6-3-7-11-24)42-33(22)27-19-25(37-17-15-30(37)39)12-13-29(27)38(32(33)41)20-23-8-4-2-5-9-23/h2-13,19,21-22,26,31,40H,14-18,20H2,1H3/t22-,26+,31+,33+/m0/s1. The number of aliphatic hydroxyl groups excluding tert-OH is 1. The summed E-state index contributed by atoms with van der Waals surface area (Å²) < 4.78 is 8.50. The van der Waals surface area contributed by atoms with E-state index in [1.807, 2.05) is 83.8 Å². The van der Waals surface area contributed by atoms with Gasteiger partial charge in [-0.15, -0.1) is 5.10 Å². The Bertz CT molecular complexity index is 1620. The molecule has 2 amide bonds. The maximum absolute atomic E-state index is 14.3. The second-order valence-electron chi connectivity index (χ2n) is 11.5. The zero-order valence-corrected chi connectivity index (χ0v) is 23.5. The molecule has 0 unspecified atom stereocenters. The van der Waals surface area contributed by atoms with Gasteiger partial charge in [0, 0.05) is 36.7 Å². The summed E-state index contributed by atoms with van der Waals surface area (Å²) in [5.74, 6) is -0.0298. The fraction of sp³-hybridized carbons (Fsp3) is 0.333. The third-order valence-electron chi connectivity index (χ3n) is 8.87. The Kier molecular flexibility index (Phi) is 6.63. The summed E-state index contributed by atoms with van der Waals surface area (Å²) in [7, 11) is 0. The molecule has 4 aromatic rings. The zero-order valence-electron chi connectivity index (χ0n) is 23.5. The van der Waals surface area contributed by atoms with Gasteiger partial charge in [0.2, 0.25) is 5.91 Å². The highest BCUT2D eigenvalue weighted by Crippen LogP contribution is 2.54. The maximum atomic E-state index is 14.3. The number of aromatic nitrogens is 3. The zero-order chi connectivity index (χ0) is 28.8.